The van der Waals surface area contributed by atoms with E-state index in [1.807, 2.05) is 0 Å². The second-order valence-electron chi connectivity index (χ2n) is 6.22. The first kappa shape index (κ1) is 23.6. The number of carbonyl (C=O) groups excluding carboxylic acids is 4. The summed E-state index contributed by atoms with van der Waals surface area (Å²) in [7, 11) is 2.78. The number of rotatable bonds is 10. The molecule has 0 aliphatic rings. The van der Waals surface area contributed by atoms with Crippen LogP contribution in [0.3, 0.4) is 0 Å². The zero-order chi connectivity index (χ0) is 23.1. The van der Waals surface area contributed by atoms with E-state index in [-0.39, 0.29) is 35.5 Å². The highest BCUT2D eigenvalue weighted by Gasteiger charge is 2.38. The van der Waals surface area contributed by atoms with Crippen molar-refractivity contribution in [3.05, 3.63) is 34.2 Å². The fourth-order valence-corrected chi connectivity index (χ4v) is 2.97. The predicted octanol–water partition coefficient (Wildman–Crippen LogP) is 1.23. The van der Waals surface area contributed by atoms with Crippen LogP contribution in [0.4, 0.5) is 0 Å². The average Bonchev–Trinajstić information content (AvgIpc) is 2.75. The second kappa shape index (κ2) is 10.4. The number of ether oxygens (including phenoxy) is 4. The van der Waals surface area contributed by atoms with Crippen LogP contribution in [0, 0.1) is 5.92 Å². The van der Waals surface area contributed by atoms with Gasteiger partial charge in [-0.15, -0.1) is 0 Å². The molecule has 0 atom stereocenters. The summed E-state index contributed by atoms with van der Waals surface area (Å²) in [5.41, 5.74) is -0.542. The number of carbonyl (C=O) groups is 4. The van der Waals surface area contributed by atoms with Gasteiger partial charge in [0.2, 0.25) is 0 Å². The maximum atomic E-state index is 12.6. The molecule has 1 aromatic heterocycles. The van der Waals surface area contributed by atoms with Crippen LogP contribution in [0.5, 0.6) is 11.5 Å². The monoisotopic (exact) mass is 434 g/mol. The van der Waals surface area contributed by atoms with Gasteiger partial charge < -0.3 is 23.4 Å². The van der Waals surface area contributed by atoms with Crippen molar-refractivity contribution in [1.82, 2.24) is 0 Å². The minimum Gasteiger partial charge on any atom is -0.496 e. The molecule has 0 fully saturated rings. The lowest BCUT2D eigenvalue weighted by molar-refractivity contribution is -0.161. The van der Waals surface area contributed by atoms with Crippen LogP contribution >= 0.6 is 0 Å². The van der Waals surface area contributed by atoms with E-state index in [1.54, 1.807) is 0 Å². The largest absolute Gasteiger partial charge is 0.496 e. The third kappa shape index (κ3) is 5.27. The number of benzene rings is 1. The van der Waals surface area contributed by atoms with Crippen molar-refractivity contribution in [1.29, 1.82) is 0 Å². The lowest BCUT2D eigenvalue weighted by Crippen LogP contribution is -2.38. The first-order chi connectivity index (χ1) is 14.8. The molecule has 0 N–H and O–H groups in total. The van der Waals surface area contributed by atoms with Crippen molar-refractivity contribution in [2.45, 2.75) is 20.3 Å². The van der Waals surface area contributed by atoms with Gasteiger partial charge in [-0.25, -0.2) is 14.4 Å². The van der Waals surface area contributed by atoms with Crippen LogP contribution in [0.2, 0.25) is 0 Å². The van der Waals surface area contributed by atoms with E-state index in [0.717, 1.165) is 6.07 Å². The first-order valence-corrected chi connectivity index (χ1v) is 9.37. The molecule has 0 aliphatic carbocycles. The zero-order valence-electron chi connectivity index (χ0n) is 17.5. The van der Waals surface area contributed by atoms with Gasteiger partial charge in [0.1, 0.15) is 23.0 Å². The number of Topliss-reactive ketones (excluding diaryl/α,β-unsaturated/α-hetero) is 2. The summed E-state index contributed by atoms with van der Waals surface area (Å²) in [6, 6.07) is 4.00. The molecule has 2 rings (SSSR count). The number of hydrogen-bond donors (Lipinski definition) is 0. The highest BCUT2D eigenvalue weighted by Crippen LogP contribution is 2.34. The normalized spacial score (nSPS) is 10.6. The quantitative estimate of drug-likeness (QED) is 0.232. The standard InChI is InChI=1S/C21H22O10/c1-5-29-20(25)18(23)13(19(24)21(26)30-6-2)7-11-8-16(22)31-15-10-12(27-3)9-14(28-4)17(11)15/h8-10,13H,5-7H2,1-4H3. The molecule has 0 bridgehead atoms. The molecule has 1 aromatic carbocycles. The maximum Gasteiger partial charge on any atom is 0.375 e. The number of ketones is 2. The number of hydrogen-bond acceptors (Lipinski definition) is 10. The molecule has 0 unspecified atom stereocenters. The lowest BCUT2D eigenvalue weighted by atomic mass is 9.89. The fourth-order valence-electron chi connectivity index (χ4n) is 2.97. The Labute approximate surface area is 177 Å². The van der Waals surface area contributed by atoms with Crippen LogP contribution in [-0.4, -0.2) is 50.9 Å². The molecule has 0 radical (unpaired) electrons. The molecular formula is C21H22O10. The predicted molar refractivity (Wildman–Crippen MR) is 106 cm³/mol. The van der Waals surface area contributed by atoms with Gasteiger partial charge in [-0.1, -0.05) is 0 Å². The van der Waals surface area contributed by atoms with E-state index in [0.29, 0.717) is 5.75 Å². The highest BCUT2D eigenvalue weighted by molar-refractivity contribution is 6.47. The van der Waals surface area contributed by atoms with Crippen LogP contribution < -0.4 is 15.1 Å². The van der Waals surface area contributed by atoms with E-state index in [1.165, 1.54) is 40.2 Å². The molecular weight excluding hydrogens is 412 g/mol. The Balaban J connectivity index is 2.63. The lowest BCUT2D eigenvalue weighted by Gasteiger charge is -2.16. The Hall–Kier alpha value is -3.69. The van der Waals surface area contributed by atoms with Crippen molar-refractivity contribution < 1.29 is 42.5 Å². The smallest absolute Gasteiger partial charge is 0.375 e. The molecule has 10 heteroatoms. The molecule has 0 spiro atoms. The summed E-state index contributed by atoms with van der Waals surface area (Å²) in [4.78, 5) is 61.3. The van der Waals surface area contributed by atoms with Gasteiger partial charge in [0.05, 0.1) is 32.8 Å². The molecule has 166 valence electrons. The summed E-state index contributed by atoms with van der Waals surface area (Å²) in [6.07, 6.45) is -0.458. The Morgan fingerprint density at radius 2 is 1.48 bits per heavy atom. The topological polar surface area (TPSA) is 135 Å². The average molecular weight is 434 g/mol. The molecule has 0 saturated heterocycles. The van der Waals surface area contributed by atoms with Crippen molar-refractivity contribution in [3.8, 4) is 11.5 Å². The van der Waals surface area contributed by atoms with E-state index in [2.05, 4.69) is 9.47 Å². The van der Waals surface area contributed by atoms with E-state index >= 15 is 0 Å². The van der Waals surface area contributed by atoms with Gasteiger partial charge in [0.15, 0.2) is 0 Å². The zero-order valence-corrected chi connectivity index (χ0v) is 17.5. The third-order valence-electron chi connectivity index (χ3n) is 4.33. The number of methoxy groups -OCH3 is 2. The van der Waals surface area contributed by atoms with Gasteiger partial charge in [0, 0.05) is 18.2 Å². The van der Waals surface area contributed by atoms with Crippen molar-refractivity contribution in [2.24, 2.45) is 5.92 Å². The highest BCUT2D eigenvalue weighted by atomic mass is 16.5. The Morgan fingerprint density at radius 1 is 0.903 bits per heavy atom. The van der Waals surface area contributed by atoms with Crippen molar-refractivity contribution in [3.63, 3.8) is 0 Å². The first-order valence-electron chi connectivity index (χ1n) is 9.37. The summed E-state index contributed by atoms with van der Waals surface area (Å²) in [6.45, 7) is 2.77. The molecule has 0 saturated carbocycles. The third-order valence-corrected chi connectivity index (χ3v) is 4.33. The van der Waals surface area contributed by atoms with E-state index in [4.69, 9.17) is 13.9 Å². The Morgan fingerprint density at radius 3 is 1.97 bits per heavy atom. The minimum absolute atomic E-state index is 0.0737. The Bertz CT molecular complexity index is 1040. The van der Waals surface area contributed by atoms with Gasteiger partial charge in [0.25, 0.3) is 11.6 Å². The summed E-state index contributed by atoms with van der Waals surface area (Å²) < 4.78 is 25.0. The van der Waals surface area contributed by atoms with Crippen LogP contribution in [0.25, 0.3) is 11.0 Å². The van der Waals surface area contributed by atoms with Crippen LogP contribution in [0.1, 0.15) is 19.4 Å². The molecule has 10 nitrogen and oxygen atoms in total. The SMILES string of the molecule is CCOC(=O)C(=O)C(Cc1cc(=O)oc2cc(OC)cc(OC)c12)C(=O)C(=O)OCC. The van der Waals surface area contributed by atoms with Crippen molar-refractivity contribution in [2.75, 3.05) is 27.4 Å². The Kier molecular flexibility index (Phi) is 7.89. The summed E-state index contributed by atoms with van der Waals surface area (Å²) >= 11 is 0. The molecule has 2 aromatic rings. The number of esters is 2. The molecule has 31 heavy (non-hydrogen) atoms. The fraction of sp³-hybridized carbons (Fsp3) is 0.381. The molecule has 0 aliphatic heterocycles. The van der Waals surface area contributed by atoms with Gasteiger partial charge in [-0.3, -0.25) is 9.59 Å². The second-order valence-corrected chi connectivity index (χ2v) is 6.22. The molecule has 0 amide bonds. The van der Waals surface area contributed by atoms with Crippen LogP contribution in [0.15, 0.2) is 27.4 Å². The van der Waals surface area contributed by atoms with E-state index < -0.39 is 41.5 Å². The van der Waals surface area contributed by atoms with E-state index in [9.17, 15) is 24.0 Å². The van der Waals surface area contributed by atoms with Gasteiger partial charge in [-0.05, 0) is 25.8 Å². The minimum atomic E-state index is -1.75. The number of fused-ring (bicyclic) bond motifs is 1. The summed E-state index contributed by atoms with van der Waals surface area (Å²) in [5.74, 6) is -6.18. The van der Waals surface area contributed by atoms with Crippen LogP contribution in [-0.2, 0) is 35.1 Å². The van der Waals surface area contributed by atoms with Gasteiger partial charge in [-0.2, -0.15) is 0 Å². The van der Waals surface area contributed by atoms with Crippen molar-refractivity contribution >= 4 is 34.5 Å². The molecule has 1 heterocycles. The summed E-state index contributed by atoms with van der Waals surface area (Å²) in [5, 5.41) is 0.279. The maximum absolute atomic E-state index is 12.6. The van der Waals surface area contributed by atoms with Gasteiger partial charge >= 0.3 is 17.6 Å².